The Morgan fingerprint density at radius 3 is 2.89 bits per heavy atom. The van der Waals surface area contributed by atoms with Crippen LogP contribution in [0.25, 0.3) is 0 Å². The minimum atomic E-state index is -0.152. The van der Waals surface area contributed by atoms with Crippen LogP contribution < -0.4 is 5.73 Å². The van der Waals surface area contributed by atoms with E-state index in [1.54, 1.807) is 0 Å². The van der Waals surface area contributed by atoms with E-state index in [9.17, 15) is 0 Å². The van der Waals surface area contributed by atoms with Gasteiger partial charge in [-0.25, -0.2) is 0 Å². The van der Waals surface area contributed by atoms with E-state index >= 15 is 0 Å². The number of hydrogen-bond donors (Lipinski definition) is 1. The molecule has 4 nitrogen and oxygen atoms in total. The highest BCUT2D eigenvalue weighted by Gasteiger charge is 2.14. The van der Waals surface area contributed by atoms with Crippen LogP contribution >= 0.6 is 15.9 Å². The van der Waals surface area contributed by atoms with Gasteiger partial charge in [0.25, 0.3) is 0 Å². The van der Waals surface area contributed by atoms with Gasteiger partial charge in [0.2, 0.25) is 5.89 Å². The number of rotatable bonds is 6. The first-order valence-electron chi connectivity index (χ1n) is 6.52. The van der Waals surface area contributed by atoms with Crippen molar-refractivity contribution in [2.45, 2.75) is 38.6 Å². The summed E-state index contributed by atoms with van der Waals surface area (Å²) in [7, 11) is 0. The topological polar surface area (TPSA) is 64.9 Å². The lowest BCUT2D eigenvalue weighted by molar-refractivity contribution is 0.343. The number of aromatic nitrogens is 2. The maximum atomic E-state index is 6.01. The van der Waals surface area contributed by atoms with Gasteiger partial charge in [0, 0.05) is 10.9 Å². The van der Waals surface area contributed by atoms with E-state index < -0.39 is 0 Å². The van der Waals surface area contributed by atoms with Crippen molar-refractivity contribution in [3.8, 4) is 0 Å². The molecule has 0 fully saturated rings. The van der Waals surface area contributed by atoms with Gasteiger partial charge in [-0.2, -0.15) is 4.98 Å². The highest BCUT2D eigenvalue weighted by molar-refractivity contribution is 9.10. The number of nitrogens with two attached hydrogens (primary N) is 1. The van der Waals surface area contributed by atoms with Crippen molar-refractivity contribution in [3.05, 3.63) is 46.0 Å². The fraction of sp³-hybridized carbons (Fsp3) is 0.429. The maximum Gasteiger partial charge on any atom is 0.243 e. The van der Waals surface area contributed by atoms with Crippen LogP contribution in [0, 0.1) is 0 Å². The number of hydrogen-bond acceptors (Lipinski definition) is 4. The molecule has 0 aliphatic heterocycles. The first-order chi connectivity index (χ1) is 9.20. The number of halogens is 1. The molecular weight excluding hydrogens is 306 g/mol. The summed E-state index contributed by atoms with van der Waals surface area (Å²) in [6, 6.07) is 7.87. The average molecular weight is 324 g/mol. The molecule has 0 aliphatic rings. The first-order valence-corrected chi connectivity index (χ1v) is 7.31. The molecule has 0 bridgehead atoms. The molecule has 5 heteroatoms. The van der Waals surface area contributed by atoms with Crippen LogP contribution in [0.15, 0.2) is 33.3 Å². The van der Waals surface area contributed by atoms with Crippen molar-refractivity contribution in [1.82, 2.24) is 10.1 Å². The summed E-state index contributed by atoms with van der Waals surface area (Å²) in [6.07, 6.45) is 3.72. The van der Waals surface area contributed by atoms with Crippen LogP contribution in [0.1, 0.15) is 49.5 Å². The Hall–Kier alpha value is -1.20. The number of benzene rings is 1. The van der Waals surface area contributed by atoms with Gasteiger partial charge < -0.3 is 10.3 Å². The summed E-state index contributed by atoms with van der Waals surface area (Å²) in [4.78, 5) is 4.38. The molecule has 102 valence electrons. The third-order valence-corrected chi connectivity index (χ3v) is 3.75. The Kier molecular flexibility index (Phi) is 5.10. The van der Waals surface area contributed by atoms with Gasteiger partial charge in [-0.3, -0.25) is 0 Å². The lowest BCUT2D eigenvalue weighted by atomic mass is 10.1. The smallest absolute Gasteiger partial charge is 0.243 e. The zero-order chi connectivity index (χ0) is 13.7. The monoisotopic (exact) mass is 323 g/mol. The minimum absolute atomic E-state index is 0.152. The van der Waals surface area contributed by atoms with Crippen LogP contribution in [-0.2, 0) is 6.42 Å². The third kappa shape index (κ3) is 3.88. The molecular formula is C14H18BrN3O. The van der Waals surface area contributed by atoms with Gasteiger partial charge >= 0.3 is 0 Å². The first kappa shape index (κ1) is 14.2. The minimum Gasteiger partial charge on any atom is -0.338 e. The van der Waals surface area contributed by atoms with Crippen molar-refractivity contribution in [3.63, 3.8) is 0 Å². The number of unbranched alkanes of at least 4 members (excludes halogenated alkanes) is 1. The highest BCUT2D eigenvalue weighted by atomic mass is 79.9. The second kappa shape index (κ2) is 6.82. The lowest BCUT2D eigenvalue weighted by Gasteiger charge is -2.03. The lowest BCUT2D eigenvalue weighted by Crippen LogP contribution is -2.10. The largest absolute Gasteiger partial charge is 0.338 e. The Morgan fingerprint density at radius 1 is 1.37 bits per heavy atom. The molecule has 2 aromatic rings. The highest BCUT2D eigenvalue weighted by Crippen LogP contribution is 2.20. The molecule has 0 amide bonds. The summed E-state index contributed by atoms with van der Waals surface area (Å²) in [5, 5.41) is 3.99. The van der Waals surface area contributed by atoms with Crippen LogP contribution in [-0.4, -0.2) is 10.1 Å². The quantitative estimate of drug-likeness (QED) is 0.881. The van der Waals surface area contributed by atoms with Gasteiger partial charge in [-0.15, -0.1) is 0 Å². The van der Waals surface area contributed by atoms with Crippen molar-refractivity contribution < 1.29 is 4.52 Å². The van der Waals surface area contributed by atoms with Crippen molar-refractivity contribution in [2.75, 3.05) is 0 Å². The standard InChI is InChI=1S/C14H18BrN3O/c1-2-3-8-12(16)14-17-13(18-19-14)9-10-6-4-5-7-11(10)15/h4-7,12H,2-3,8-9,16H2,1H3. The van der Waals surface area contributed by atoms with Gasteiger partial charge in [0.1, 0.15) is 0 Å². The van der Waals surface area contributed by atoms with E-state index in [2.05, 4.69) is 33.0 Å². The van der Waals surface area contributed by atoms with Crippen molar-refractivity contribution in [1.29, 1.82) is 0 Å². The molecule has 1 heterocycles. The van der Waals surface area contributed by atoms with Gasteiger partial charge in [0.15, 0.2) is 5.82 Å². The molecule has 2 rings (SSSR count). The summed E-state index contributed by atoms with van der Waals surface area (Å²) in [5.74, 6) is 1.21. The fourth-order valence-electron chi connectivity index (χ4n) is 1.85. The van der Waals surface area contributed by atoms with Crippen molar-refractivity contribution in [2.24, 2.45) is 5.73 Å². The maximum absolute atomic E-state index is 6.01. The molecule has 1 atom stereocenters. The van der Waals surface area contributed by atoms with E-state index in [1.807, 2.05) is 24.3 Å². The van der Waals surface area contributed by atoms with Crippen molar-refractivity contribution >= 4 is 15.9 Å². The molecule has 0 aliphatic carbocycles. The van der Waals surface area contributed by atoms with Crippen LogP contribution in [0.4, 0.5) is 0 Å². The molecule has 0 saturated carbocycles. The SMILES string of the molecule is CCCCC(N)c1nc(Cc2ccccc2Br)no1. The molecule has 1 aromatic heterocycles. The van der Waals surface area contributed by atoms with E-state index in [1.165, 1.54) is 0 Å². The average Bonchev–Trinajstić information content (AvgIpc) is 2.87. The second-order valence-corrected chi connectivity index (χ2v) is 5.42. The third-order valence-electron chi connectivity index (χ3n) is 2.98. The number of nitrogens with zero attached hydrogens (tertiary/aromatic N) is 2. The molecule has 0 radical (unpaired) electrons. The molecule has 19 heavy (non-hydrogen) atoms. The predicted molar refractivity (Wildman–Crippen MR) is 77.7 cm³/mol. The van der Waals surface area contributed by atoms with Crippen LogP contribution in [0.2, 0.25) is 0 Å². The Balaban J connectivity index is 2.03. The second-order valence-electron chi connectivity index (χ2n) is 4.57. The van der Waals surface area contributed by atoms with Crippen LogP contribution in [0.3, 0.4) is 0 Å². The summed E-state index contributed by atoms with van der Waals surface area (Å²) in [5.41, 5.74) is 7.15. The summed E-state index contributed by atoms with van der Waals surface area (Å²) >= 11 is 3.51. The van der Waals surface area contributed by atoms with E-state index in [-0.39, 0.29) is 6.04 Å². The normalized spacial score (nSPS) is 12.6. The summed E-state index contributed by atoms with van der Waals surface area (Å²) < 4.78 is 6.29. The Bertz CT molecular complexity index is 527. The molecule has 1 aromatic carbocycles. The Morgan fingerprint density at radius 2 is 2.16 bits per heavy atom. The van der Waals surface area contributed by atoms with Gasteiger partial charge in [-0.05, 0) is 18.1 Å². The fourth-order valence-corrected chi connectivity index (χ4v) is 2.27. The zero-order valence-corrected chi connectivity index (χ0v) is 12.6. The van der Waals surface area contributed by atoms with E-state index in [0.717, 1.165) is 29.3 Å². The van der Waals surface area contributed by atoms with Gasteiger partial charge in [0.05, 0.1) is 6.04 Å². The molecule has 2 N–H and O–H groups in total. The summed E-state index contributed by atoms with van der Waals surface area (Å²) in [6.45, 7) is 2.14. The molecule has 0 saturated heterocycles. The van der Waals surface area contributed by atoms with Gasteiger partial charge in [-0.1, -0.05) is 59.1 Å². The zero-order valence-electron chi connectivity index (χ0n) is 11.0. The van der Waals surface area contributed by atoms with E-state index in [0.29, 0.717) is 18.1 Å². The molecule has 1 unspecified atom stereocenters. The predicted octanol–water partition coefficient (Wildman–Crippen LogP) is 3.61. The van der Waals surface area contributed by atoms with Crippen LogP contribution in [0.5, 0.6) is 0 Å². The Labute approximate surface area is 121 Å². The molecule has 0 spiro atoms. The van der Waals surface area contributed by atoms with E-state index in [4.69, 9.17) is 10.3 Å².